The Kier molecular flexibility index (Phi) is 4.04. The van der Waals surface area contributed by atoms with E-state index in [-0.39, 0.29) is 46.8 Å². The molecule has 0 radical (unpaired) electrons. The quantitative estimate of drug-likeness (QED) is 0.638. The van der Waals surface area contributed by atoms with E-state index in [0.29, 0.717) is 18.6 Å². The molecule has 0 unspecified atom stereocenters. The van der Waals surface area contributed by atoms with Crippen LogP contribution in [0, 0.1) is 39.9 Å². The number of carbonyl (C=O) groups is 2. The van der Waals surface area contributed by atoms with Gasteiger partial charge in [-0.1, -0.05) is 54.0 Å². The lowest BCUT2D eigenvalue weighted by atomic mass is 9.39. The van der Waals surface area contributed by atoms with Gasteiger partial charge in [0, 0.05) is 21.8 Å². The Hall–Kier alpha value is -1.00. The van der Waals surface area contributed by atoms with Crippen molar-refractivity contribution in [2.24, 2.45) is 39.9 Å². The van der Waals surface area contributed by atoms with Crippen LogP contribution in [0.25, 0.3) is 0 Å². The lowest BCUT2D eigenvalue weighted by molar-refractivity contribution is -0.289. The van der Waals surface area contributed by atoms with Gasteiger partial charge in [-0.15, -0.1) is 0 Å². The first-order valence-electron chi connectivity index (χ1n) is 10.9. The lowest BCUT2D eigenvalue weighted by Gasteiger charge is -2.68. The molecule has 4 rings (SSSR count). The molecule has 2 saturated carbocycles. The molecule has 8 atom stereocenters. The van der Waals surface area contributed by atoms with Crippen LogP contribution in [0.1, 0.15) is 68.2 Å². The van der Waals surface area contributed by atoms with Crippen LogP contribution in [0.3, 0.4) is 0 Å². The minimum Gasteiger partial charge on any atom is -0.389 e. The van der Waals surface area contributed by atoms with Gasteiger partial charge >= 0.3 is 0 Å². The van der Waals surface area contributed by atoms with Crippen LogP contribution in [0.5, 0.6) is 0 Å². The van der Waals surface area contributed by atoms with Crippen molar-refractivity contribution in [1.29, 1.82) is 0 Å². The van der Waals surface area contributed by atoms with E-state index in [4.69, 9.17) is 4.74 Å². The van der Waals surface area contributed by atoms with Crippen molar-refractivity contribution < 1.29 is 19.4 Å². The van der Waals surface area contributed by atoms with Gasteiger partial charge in [-0.25, -0.2) is 0 Å². The highest BCUT2D eigenvalue weighted by Gasteiger charge is 2.71. The largest absolute Gasteiger partial charge is 0.389 e. The second kappa shape index (κ2) is 5.57. The second-order valence-electron chi connectivity index (χ2n) is 11.4. The smallest absolute Gasteiger partial charge is 0.225 e. The topological polar surface area (TPSA) is 63.6 Å². The van der Waals surface area contributed by atoms with E-state index in [1.54, 1.807) is 0 Å². The normalized spacial score (nSPS) is 53.0. The molecule has 3 aliphatic carbocycles. The molecule has 4 nitrogen and oxygen atoms in total. The fourth-order valence-corrected chi connectivity index (χ4v) is 7.79. The zero-order valence-corrected chi connectivity index (χ0v) is 18.7. The van der Waals surface area contributed by atoms with Crippen LogP contribution in [-0.4, -0.2) is 35.0 Å². The van der Waals surface area contributed by atoms with E-state index in [1.807, 2.05) is 27.7 Å². The summed E-state index contributed by atoms with van der Waals surface area (Å²) in [5.41, 5.74) is -1.21. The number of ketones is 2. The molecule has 156 valence electrons. The number of hydrogen-bond acceptors (Lipinski definition) is 4. The molecular formula is C24H36O4. The third-order valence-corrected chi connectivity index (χ3v) is 9.91. The molecule has 1 saturated heterocycles. The highest BCUT2D eigenvalue weighted by molar-refractivity contribution is 6.46. The molecule has 0 aromatic rings. The Bertz CT molecular complexity index is 794. The number of carbonyl (C=O) groups excluding carboxylic acids is 2. The van der Waals surface area contributed by atoms with Gasteiger partial charge in [-0.3, -0.25) is 9.59 Å². The molecule has 4 aliphatic rings. The van der Waals surface area contributed by atoms with Crippen molar-refractivity contribution in [2.45, 2.75) is 79.9 Å². The molecule has 0 aromatic heterocycles. The first kappa shape index (κ1) is 20.3. The van der Waals surface area contributed by atoms with Crippen molar-refractivity contribution in [2.75, 3.05) is 6.61 Å². The average molecular weight is 389 g/mol. The van der Waals surface area contributed by atoms with Crippen molar-refractivity contribution >= 4 is 11.6 Å². The predicted octanol–water partition coefficient (Wildman–Crippen LogP) is 3.96. The molecule has 1 N–H and O–H groups in total. The van der Waals surface area contributed by atoms with E-state index < -0.39 is 16.4 Å². The van der Waals surface area contributed by atoms with Gasteiger partial charge < -0.3 is 9.84 Å². The number of Topliss-reactive ketones (excluding diaryl/α,β-unsaturated/α-hetero) is 2. The summed E-state index contributed by atoms with van der Waals surface area (Å²) < 4.78 is 5.92. The number of hydrogen-bond donors (Lipinski definition) is 1. The first-order chi connectivity index (χ1) is 12.7. The van der Waals surface area contributed by atoms with E-state index in [9.17, 15) is 14.7 Å². The SMILES string of the molecule is CC1=C2C(=O)C(=O)[C@]3(C)[C@H](C)C[C@H]4OC[C@@]4(C)[C@H]3[C@H](C)[C@](O)(C[C@@H]1C)C2(C)C. The summed E-state index contributed by atoms with van der Waals surface area (Å²) >= 11 is 0. The van der Waals surface area contributed by atoms with Gasteiger partial charge in [-0.05, 0) is 43.4 Å². The molecule has 4 heteroatoms. The molecule has 1 heterocycles. The van der Waals surface area contributed by atoms with Crippen LogP contribution >= 0.6 is 0 Å². The minimum absolute atomic E-state index is 0.0404. The molecule has 3 fully saturated rings. The summed E-state index contributed by atoms with van der Waals surface area (Å²) in [5.74, 6) is -0.690. The van der Waals surface area contributed by atoms with Gasteiger partial charge in [-0.2, -0.15) is 0 Å². The van der Waals surface area contributed by atoms with E-state index in [0.717, 1.165) is 12.0 Å². The lowest BCUT2D eigenvalue weighted by Crippen LogP contribution is -2.73. The monoisotopic (exact) mass is 388 g/mol. The van der Waals surface area contributed by atoms with Gasteiger partial charge in [0.1, 0.15) is 0 Å². The summed E-state index contributed by atoms with van der Waals surface area (Å²) in [4.78, 5) is 27.6. The molecule has 0 aromatic carbocycles. The van der Waals surface area contributed by atoms with Crippen LogP contribution in [0.15, 0.2) is 11.1 Å². The summed E-state index contributed by atoms with van der Waals surface area (Å²) in [6.07, 6.45) is 1.53. The second-order valence-corrected chi connectivity index (χ2v) is 11.4. The Morgan fingerprint density at radius 2 is 1.68 bits per heavy atom. The molecule has 2 bridgehead atoms. The Labute approximate surface area is 169 Å². The number of ether oxygens (including phenoxy) is 1. The maximum absolute atomic E-state index is 13.9. The molecule has 0 spiro atoms. The maximum Gasteiger partial charge on any atom is 0.225 e. The van der Waals surface area contributed by atoms with Crippen molar-refractivity contribution in [3.8, 4) is 0 Å². The Morgan fingerprint density at radius 3 is 2.21 bits per heavy atom. The summed E-state index contributed by atoms with van der Waals surface area (Å²) in [6.45, 7) is 17.0. The summed E-state index contributed by atoms with van der Waals surface area (Å²) in [5, 5.41) is 12.2. The van der Waals surface area contributed by atoms with Crippen molar-refractivity contribution in [3.05, 3.63) is 11.1 Å². The van der Waals surface area contributed by atoms with Crippen molar-refractivity contribution in [3.63, 3.8) is 0 Å². The zero-order valence-electron chi connectivity index (χ0n) is 18.7. The van der Waals surface area contributed by atoms with Crippen LogP contribution in [0.2, 0.25) is 0 Å². The zero-order chi connectivity index (χ0) is 21.0. The van der Waals surface area contributed by atoms with Gasteiger partial charge in [0.25, 0.3) is 0 Å². The van der Waals surface area contributed by atoms with Gasteiger partial charge in [0.2, 0.25) is 11.6 Å². The average Bonchev–Trinajstić information content (AvgIpc) is 2.60. The third-order valence-electron chi connectivity index (χ3n) is 9.91. The van der Waals surface area contributed by atoms with Crippen LogP contribution in [0.4, 0.5) is 0 Å². The standard InChI is InChI=1S/C24H36O4/c1-12-10-24(27)15(4)19-22(7)11-28-16(22)9-13(2)23(19,8)20(26)18(25)17(14(12)3)21(24,5)6/h12-13,15-16,19,27H,9-11H2,1-8H3/t12-,13+,15-,16+,19+,22+,23+,24+/m0/s1. The van der Waals surface area contributed by atoms with Crippen molar-refractivity contribution in [1.82, 2.24) is 0 Å². The first-order valence-corrected chi connectivity index (χ1v) is 10.9. The van der Waals surface area contributed by atoms with Crippen LogP contribution in [-0.2, 0) is 14.3 Å². The van der Waals surface area contributed by atoms with E-state index >= 15 is 0 Å². The Balaban J connectivity index is 2.03. The number of aliphatic hydroxyl groups is 1. The number of fused-ring (bicyclic) bond motifs is 5. The fourth-order valence-electron chi connectivity index (χ4n) is 7.79. The summed E-state index contributed by atoms with van der Waals surface area (Å²) in [6, 6.07) is 0. The van der Waals surface area contributed by atoms with E-state index in [1.165, 1.54) is 0 Å². The highest BCUT2D eigenvalue weighted by Crippen LogP contribution is 2.67. The Morgan fingerprint density at radius 1 is 1.07 bits per heavy atom. The molecule has 1 aliphatic heterocycles. The highest BCUT2D eigenvalue weighted by atomic mass is 16.5. The van der Waals surface area contributed by atoms with E-state index in [2.05, 4.69) is 27.7 Å². The molecule has 0 amide bonds. The summed E-state index contributed by atoms with van der Waals surface area (Å²) in [7, 11) is 0. The van der Waals surface area contributed by atoms with Crippen LogP contribution < -0.4 is 0 Å². The van der Waals surface area contributed by atoms with Gasteiger partial charge in [0.15, 0.2) is 0 Å². The fraction of sp³-hybridized carbons (Fsp3) is 0.833. The molecule has 28 heavy (non-hydrogen) atoms. The predicted molar refractivity (Wildman–Crippen MR) is 108 cm³/mol. The maximum atomic E-state index is 13.9. The number of rotatable bonds is 0. The molecular weight excluding hydrogens is 352 g/mol. The van der Waals surface area contributed by atoms with Gasteiger partial charge in [0.05, 0.1) is 18.3 Å². The minimum atomic E-state index is -1.04. The number of allylic oxidation sites excluding steroid dienone is 1. The third kappa shape index (κ3) is 1.99.